The summed E-state index contributed by atoms with van der Waals surface area (Å²) in [5.74, 6) is 0.212. The number of nitrogens with zero attached hydrogens (tertiary/aromatic N) is 2. The van der Waals surface area contributed by atoms with Crippen molar-refractivity contribution >= 4 is 60.0 Å². The molecule has 67 heavy (non-hydrogen) atoms. The number of amides is 4. The van der Waals surface area contributed by atoms with Gasteiger partial charge < -0.3 is 48.5 Å². The van der Waals surface area contributed by atoms with Gasteiger partial charge in [-0.2, -0.15) is 0 Å². The summed E-state index contributed by atoms with van der Waals surface area (Å²) < 4.78 is 43.6. The van der Waals surface area contributed by atoms with Crippen LogP contribution in [0.4, 0.5) is 19.2 Å². The van der Waals surface area contributed by atoms with E-state index in [-0.39, 0.29) is 44.6 Å². The second-order valence-electron chi connectivity index (χ2n) is 18.3. The standard InChI is InChI=1S/C47H66N6O14/c1-44(2,3)64-40(56)50-38(51-41(57)65-45(4,5)6)48-23-25-62-34-21-17-30(27-36(34)60-13)15-19-32(54)29-33(55)20-16-31-18-22-35(37(28-31)61-14)63-26-24-49-39(52-42(58)66-46(7,8)9)53-43(59)67-47(10,11)12/h15-22,27-28H,23-26,29H2,1-14H3,(H2,48,50,51,56,57)(H2,49,52,53,58,59)/b19-15+,20-16+. The highest BCUT2D eigenvalue weighted by Crippen LogP contribution is 2.30. The number of rotatable bonds is 16. The zero-order valence-corrected chi connectivity index (χ0v) is 40.9. The second kappa shape index (κ2) is 25.5. The second-order valence-corrected chi connectivity index (χ2v) is 18.3. The lowest BCUT2D eigenvalue weighted by molar-refractivity contribution is -0.121. The fraction of sp³-hybridized carbons (Fsp3) is 0.489. The molecule has 4 N–H and O–H groups in total. The number of ketones is 2. The molecule has 20 heteroatoms. The van der Waals surface area contributed by atoms with Crippen molar-refractivity contribution < 1.29 is 66.7 Å². The maximum Gasteiger partial charge on any atom is 0.437 e. The zero-order valence-electron chi connectivity index (χ0n) is 40.9. The predicted octanol–water partition coefficient (Wildman–Crippen LogP) is 7.53. The van der Waals surface area contributed by atoms with Gasteiger partial charge in [-0.25, -0.2) is 19.2 Å². The van der Waals surface area contributed by atoms with Gasteiger partial charge in [-0.3, -0.25) is 20.2 Å². The zero-order chi connectivity index (χ0) is 50.6. The van der Waals surface area contributed by atoms with Crippen LogP contribution in [0.3, 0.4) is 0 Å². The molecule has 368 valence electrons. The number of allylic oxidation sites excluding steroid dienone is 2. The van der Waals surface area contributed by atoms with Crippen LogP contribution in [0.15, 0.2) is 58.5 Å². The molecule has 0 bridgehead atoms. The molecule has 0 radical (unpaired) electrons. The Labute approximate surface area is 392 Å². The normalized spacial score (nSPS) is 12.4. The van der Waals surface area contributed by atoms with E-state index >= 15 is 0 Å². The van der Waals surface area contributed by atoms with E-state index in [1.807, 2.05) is 0 Å². The molecule has 2 rings (SSSR count). The molecule has 0 aliphatic carbocycles. The van der Waals surface area contributed by atoms with Crippen LogP contribution >= 0.6 is 0 Å². The Morgan fingerprint density at radius 3 is 1.16 bits per heavy atom. The molecule has 0 unspecified atom stereocenters. The molecule has 0 fully saturated rings. The average molecular weight is 939 g/mol. The summed E-state index contributed by atoms with van der Waals surface area (Å²) in [4.78, 5) is 82.4. The van der Waals surface area contributed by atoms with Crippen LogP contribution in [0.1, 0.15) is 101 Å². The lowest BCUT2D eigenvalue weighted by atomic mass is 10.1. The topological polar surface area (TPSA) is 249 Å². The van der Waals surface area contributed by atoms with Crippen LogP contribution in [0.5, 0.6) is 23.0 Å². The number of hydrogen-bond acceptors (Lipinski definition) is 14. The minimum absolute atomic E-state index is 0.0557. The Morgan fingerprint density at radius 1 is 0.507 bits per heavy atom. The first kappa shape index (κ1) is 56.0. The summed E-state index contributed by atoms with van der Waals surface area (Å²) in [5, 5.41) is 10.5. The van der Waals surface area contributed by atoms with E-state index in [0.29, 0.717) is 34.1 Å². The third-order valence-electron chi connectivity index (χ3n) is 7.38. The van der Waals surface area contributed by atoms with Crippen molar-refractivity contribution in [3.63, 3.8) is 0 Å². The van der Waals surface area contributed by atoms with Crippen LogP contribution in [0.2, 0.25) is 0 Å². The summed E-state index contributed by atoms with van der Waals surface area (Å²) in [7, 11) is 2.90. The van der Waals surface area contributed by atoms with Gasteiger partial charge in [0.05, 0.1) is 33.7 Å². The average Bonchev–Trinajstić information content (AvgIpc) is 3.16. The van der Waals surface area contributed by atoms with Crippen molar-refractivity contribution in [1.82, 2.24) is 21.3 Å². The summed E-state index contributed by atoms with van der Waals surface area (Å²) >= 11 is 0. The summed E-state index contributed by atoms with van der Waals surface area (Å²) in [6.45, 7) is 20.6. The number of ether oxygens (including phenoxy) is 8. The minimum Gasteiger partial charge on any atom is -0.493 e. The number of carbonyl (C=O) groups excluding carboxylic acids is 6. The lowest BCUT2D eigenvalue weighted by Gasteiger charge is -2.21. The van der Waals surface area contributed by atoms with Crippen molar-refractivity contribution in [2.24, 2.45) is 9.98 Å². The van der Waals surface area contributed by atoms with Crippen molar-refractivity contribution in [2.45, 2.75) is 112 Å². The van der Waals surface area contributed by atoms with Gasteiger partial charge >= 0.3 is 24.4 Å². The Balaban J connectivity index is 1.97. The molecule has 2 aromatic rings. The van der Waals surface area contributed by atoms with Gasteiger partial charge in [0.2, 0.25) is 11.9 Å². The Bertz CT molecular complexity index is 2020. The fourth-order valence-electron chi connectivity index (χ4n) is 4.92. The van der Waals surface area contributed by atoms with E-state index in [1.165, 1.54) is 26.4 Å². The molecular weight excluding hydrogens is 873 g/mol. The Morgan fingerprint density at radius 2 is 0.851 bits per heavy atom. The maximum absolute atomic E-state index is 12.7. The van der Waals surface area contributed by atoms with Crippen LogP contribution in [-0.4, -0.2) is 111 Å². The smallest absolute Gasteiger partial charge is 0.437 e. The lowest BCUT2D eigenvalue weighted by Crippen LogP contribution is -2.45. The third-order valence-corrected chi connectivity index (χ3v) is 7.38. The number of benzene rings is 2. The molecule has 0 aliphatic rings. The molecule has 0 spiro atoms. The third kappa shape index (κ3) is 25.2. The fourth-order valence-corrected chi connectivity index (χ4v) is 4.92. The van der Waals surface area contributed by atoms with Crippen molar-refractivity contribution in [3.8, 4) is 23.0 Å². The van der Waals surface area contributed by atoms with Gasteiger partial charge in [0.1, 0.15) is 35.6 Å². The van der Waals surface area contributed by atoms with Gasteiger partial charge in [0, 0.05) is 0 Å². The number of carbonyl (C=O) groups is 6. The van der Waals surface area contributed by atoms with Gasteiger partial charge in [-0.05, 0) is 131 Å². The molecule has 4 amide bonds. The monoisotopic (exact) mass is 938 g/mol. The van der Waals surface area contributed by atoms with Gasteiger partial charge in [-0.15, -0.1) is 9.98 Å². The van der Waals surface area contributed by atoms with Crippen molar-refractivity contribution in [3.05, 3.63) is 59.7 Å². The van der Waals surface area contributed by atoms with Crippen LogP contribution in [0.25, 0.3) is 12.2 Å². The number of guanidine groups is 2. The number of nitrogens with one attached hydrogen (secondary N) is 4. The summed E-state index contributed by atoms with van der Waals surface area (Å²) in [6.07, 6.45) is 1.78. The minimum atomic E-state index is -0.922. The molecule has 20 nitrogen and oxygen atoms in total. The first-order valence-electron chi connectivity index (χ1n) is 21.2. The molecule has 2 aromatic carbocycles. The largest absolute Gasteiger partial charge is 0.493 e. The first-order valence-corrected chi connectivity index (χ1v) is 21.2. The molecular formula is C47H66N6O14. The molecule has 0 aliphatic heterocycles. The van der Waals surface area contributed by atoms with Gasteiger partial charge in [0.15, 0.2) is 34.6 Å². The quantitative estimate of drug-likeness (QED) is 0.0317. The van der Waals surface area contributed by atoms with E-state index in [2.05, 4.69) is 31.3 Å². The molecule has 0 saturated heterocycles. The SMILES string of the molecule is COc1cc(/C=C/C(=O)CC(=O)/C=C/c2ccc(OCCN/C(=N/C(=O)OC(C)(C)C)NC(=O)OC(C)(C)C)c(OC)c2)ccc1OCCN/C(=N/C(=O)OC(C)(C)C)NC(=O)OC(C)(C)C. The predicted molar refractivity (Wildman–Crippen MR) is 252 cm³/mol. The Hall–Kier alpha value is -7.12. The number of aliphatic imine (C=N–C) groups is 2. The number of alkyl carbamates (subject to hydrolysis) is 2. The maximum atomic E-state index is 12.7. The summed E-state index contributed by atoms with van der Waals surface area (Å²) in [6, 6.07) is 9.95. The van der Waals surface area contributed by atoms with Crippen molar-refractivity contribution in [1.29, 1.82) is 0 Å². The number of hydrogen-bond donors (Lipinski definition) is 4. The number of methoxy groups -OCH3 is 2. The van der Waals surface area contributed by atoms with E-state index < -0.39 is 58.3 Å². The van der Waals surface area contributed by atoms with E-state index in [1.54, 1.807) is 132 Å². The van der Waals surface area contributed by atoms with Gasteiger partial charge in [0.25, 0.3) is 0 Å². The van der Waals surface area contributed by atoms with E-state index in [4.69, 9.17) is 37.9 Å². The van der Waals surface area contributed by atoms with Crippen LogP contribution < -0.4 is 40.2 Å². The van der Waals surface area contributed by atoms with Crippen LogP contribution in [0, 0.1) is 0 Å². The molecule has 0 heterocycles. The van der Waals surface area contributed by atoms with Crippen LogP contribution in [-0.2, 0) is 28.5 Å². The highest BCUT2D eigenvalue weighted by Gasteiger charge is 2.22. The Kier molecular flexibility index (Phi) is 21.4. The van der Waals surface area contributed by atoms with Gasteiger partial charge in [-0.1, -0.05) is 24.3 Å². The molecule has 0 atom stereocenters. The summed E-state index contributed by atoms with van der Waals surface area (Å²) in [5.41, 5.74) is -2.00. The molecule has 0 aromatic heterocycles. The molecule has 0 saturated carbocycles. The van der Waals surface area contributed by atoms with Crippen molar-refractivity contribution in [2.75, 3.05) is 40.5 Å². The van der Waals surface area contributed by atoms with E-state index in [9.17, 15) is 28.8 Å². The highest BCUT2D eigenvalue weighted by molar-refractivity contribution is 6.11. The highest BCUT2D eigenvalue weighted by atomic mass is 16.6. The van der Waals surface area contributed by atoms with E-state index in [0.717, 1.165) is 0 Å². The first-order chi connectivity index (χ1) is 31.0.